The van der Waals surface area contributed by atoms with Gasteiger partial charge in [0.1, 0.15) is 4.60 Å². The van der Waals surface area contributed by atoms with Gasteiger partial charge in [0.05, 0.1) is 23.9 Å². The summed E-state index contributed by atoms with van der Waals surface area (Å²) in [5.74, 6) is 1.56. The molecule has 1 aromatic rings. The minimum absolute atomic E-state index is 0.0708. The maximum absolute atomic E-state index is 12.2. The van der Waals surface area contributed by atoms with Gasteiger partial charge in [0.2, 0.25) is 0 Å². The van der Waals surface area contributed by atoms with Gasteiger partial charge in [0.25, 0.3) is 0 Å². The van der Waals surface area contributed by atoms with Gasteiger partial charge in [-0.2, -0.15) is 0 Å². The fourth-order valence-electron chi connectivity index (χ4n) is 2.98. The lowest BCUT2D eigenvalue weighted by Gasteiger charge is -2.32. The molecule has 1 fully saturated rings. The zero-order chi connectivity index (χ0) is 17.3. The summed E-state index contributed by atoms with van der Waals surface area (Å²) in [7, 11) is 0. The van der Waals surface area contributed by atoms with Gasteiger partial charge < -0.3 is 15.0 Å². The molecule has 1 N–H and O–H groups in total. The Labute approximate surface area is 158 Å². The van der Waals surface area contributed by atoms with Crippen LogP contribution in [0.2, 0.25) is 0 Å². The van der Waals surface area contributed by atoms with Crippen molar-refractivity contribution in [3.63, 3.8) is 0 Å². The molecule has 0 aromatic carbocycles. The van der Waals surface area contributed by atoms with Crippen molar-refractivity contribution in [2.75, 3.05) is 36.5 Å². The lowest BCUT2D eigenvalue weighted by Crippen LogP contribution is -2.37. The average molecular weight is 460 g/mol. The first-order valence-corrected chi connectivity index (χ1v) is 9.48. The Morgan fingerprint density at radius 1 is 1.25 bits per heavy atom. The number of nitrogens with one attached hydrogen (secondary N) is 1. The van der Waals surface area contributed by atoms with E-state index in [9.17, 15) is 4.79 Å². The van der Waals surface area contributed by atoms with E-state index in [1.54, 1.807) is 6.20 Å². The second-order valence-corrected chi connectivity index (χ2v) is 8.43. The second-order valence-electron chi connectivity index (χ2n) is 6.82. The Kier molecular flexibility index (Phi) is 5.27. The van der Waals surface area contributed by atoms with E-state index in [1.807, 2.05) is 0 Å². The van der Waals surface area contributed by atoms with Gasteiger partial charge in [-0.25, -0.2) is 9.97 Å². The topological polar surface area (TPSA) is 67.4 Å². The summed E-state index contributed by atoms with van der Waals surface area (Å²) in [6.45, 7) is 7.08. The molecule has 0 unspecified atom stereocenters. The molecule has 0 radical (unpaired) electrons. The fraction of sp³-hybridized carbons (Fsp3) is 0.562. The van der Waals surface area contributed by atoms with Crippen molar-refractivity contribution in [1.29, 1.82) is 0 Å². The Balaban J connectivity index is 1.92. The van der Waals surface area contributed by atoms with Gasteiger partial charge in [0.15, 0.2) is 17.4 Å². The van der Waals surface area contributed by atoms with E-state index in [1.165, 1.54) is 0 Å². The van der Waals surface area contributed by atoms with Crippen LogP contribution in [0.4, 0.5) is 11.6 Å². The quantitative estimate of drug-likeness (QED) is 0.746. The standard InChI is InChI=1S/C16H20Br2N4O2/c1-16(2)7-10(13(18)11(23)8-16)20-14-15(21-12(17)9-19-14)22-3-5-24-6-4-22/h9H,3-8H2,1-2H3,(H,19,20). The van der Waals surface area contributed by atoms with E-state index in [4.69, 9.17) is 4.74 Å². The van der Waals surface area contributed by atoms with Crippen molar-refractivity contribution in [2.24, 2.45) is 5.41 Å². The number of anilines is 2. The third-order valence-electron chi connectivity index (χ3n) is 4.11. The SMILES string of the molecule is CC1(C)CC(=O)C(Br)=C(Nc2ncc(Br)nc2N2CCOCC2)C1. The third kappa shape index (κ3) is 3.97. The van der Waals surface area contributed by atoms with Crippen molar-refractivity contribution >= 4 is 49.3 Å². The molecule has 8 heteroatoms. The van der Waals surface area contributed by atoms with Crippen LogP contribution in [-0.4, -0.2) is 42.1 Å². The van der Waals surface area contributed by atoms with Crippen molar-refractivity contribution < 1.29 is 9.53 Å². The number of Topliss-reactive ketones (excluding diaryl/α,β-unsaturated/α-hetero) is 1. The molecule has 0 bridgehead atoms. The summed E-state index contributed by atoms with van der Waals surface area (Å²) in [6, 6.07) is 0. The number of allylic oxidation sites excluding steroid dienone is 2. The molecule has 0 spiro atoms. The number of hydrogen-bond acceptors (Lipinski definition) is 6. The van der Waals surface area contributed by atoms with Crippen molar-refractivity contribution in [2.45, 2.75) is 26.7 Å². The molecule has 0 saturated carbocycles. The van der Waals surface area contributed by atoms with Gasteiger partial charge >= 0.3 is 0 Å². The van der Waals surface area contributed by atoms with Crippen LogP contribution >= 0.6 is 31.9 Å². The van der Waals surface area contributed by atoms with Crippen molar-refractivity contribution in [1.82, 2.24) is 9.97 Å². The summed E-state index contributed by atoms with van der Waals surface area (Å²) >= 11 is 6.83. The van der Waals surface area contributed by atoms with E-state index in [-0.39, 0.29) is 11.2 Å². The molecule has 1 aliphatic heterocycles. The first kappa shape index (κ1) is 17.8. The minimum atomic E-state index is -0.0708. The van der Waals surface area contributed by atoms with Gasteiger partial charge in [-0.15, -0.1) is 0 Å². The monoisotopic (exact) mass is 458 g/mol. The Morgan fingerprint density at radius 2 is 1.96 bits per heavy atom. The van der Waals surface area contributed by atoms with Gasteiger partial charge in [0, 0.05) is 25.2 Å². The smallest absolute Gasteiger partial charge is 0.173 e. The maximum Gasteiger partial charge on any atom is 0.173 e. The predicted octanol–water partition coefficient (Wildman–Crippen LogP) is 3.48. The lowest BCUT2D eigenvalue weighted by atomic mass is 9.79. The molecule has 1 saturated heterocycles. The fourth-order valence-corrected chi connectivity index (χ4v) is 3.63. The van der Waals surface area contributed by atoms with E-state index in [0.29, 0.717) is 34.5 Å². The van der Waals surface area contributed by atoms with Crippen LogP contribution < -0.4 is 10.2 Å². The van der Waals surface area contributed by atoms with E-state index in [0.717, 1.165) is 31.0 Å². The number of rotatable bonds is 3. The molecule has 3 rings (SSSR count). The molecular formula is C16H20Br2N4O2. The highest BCUT2D eigenvalue weighted by Crippen LogP contribution is 2.39. The summed E-state index contributed by atoms with van der Waals surface area (Å²) in [6.07, 6.45) is 2.98. The van der Waals surface area contributed by atoms with Crippen LogP contribution in [0.15, 0.2) is 21.0 Å². The van der Waals surface area contributed by atoms with Gasteiger partial charge in [-0.05, 0) is 43.7 Å². The molecule has 0 atom stereocenters. The number of ether oxygens (including phenoxy) is 1. The van der Waals surface area contributed by atoms with E-state index in [2.05, 4.69) is 65.9 Å². The Hall–Kier alpha value is -0.990. The zero-order valence-corrected chi connectivity index (χ0v) is 16.9. The van der Waals surface area contributed by atoms with E-state index >= 15 is 0 Å². The van der Waals surface area contributed by atoms with Crippen molar-refractivity contribution in [3.8, 4) is 0 Å². The molecular weight excluding hydrogens is 440 g/mol. The molecule has 2 heterocycles. The van der Waals surface area contributed by atoms with Crippen LogP contribution in [0.5, 0.6) is 0 Å². The van der Waals surface area contributed by atoms with Gasteiger partial charge in [-0.3, -0.25) is 4.79 Å². The predicted molar refractivity (Wildman–Crippen MR) is 100 cm³/mol. The number of nitrogens with zero attached hydrogens (tertiary/aromatic N) is 3. The third-order valence-corrected chi connectivity index (χ3v) is 5.41. The molecule has 24 heavy (non-hydrogen) atoms. The summed E-state index contributed by atoms with van der Waals surface area (Å²) in [5.41, 5.74) is 0.792. The number of carbonyl (C=O) groups is 1. The van der Waals surface area contributed by atoms with E-state index < -0.39 is 0 Å². The molecule has 1 aliphatic carbocycles. The number of aromatic nitrogens is 2. The van der Waals surface area contributed by atoms with Crippen molar-refractivity contribution in [3.05, 3.63) is 21.0 Å². The minimum Gasteiger partial charge on any atom is -0.378 e. The number of hydrogen-bond donors (Lipinski definition) is 1. The van der Waals surface area contributed by atoms with Crippen LogP contribution in [0.25, 0.3) is 0 Å². The Morgan fingerprint density at radius 3 is 2.67 bits per heavy atom. The molecule has 2 aliphatic rings. The van der Waals surface area contributed by atoms with Crippen LogP contribution in [0.3, 0.4) is 0 Å². The first-order valence-electron chi connectivity index (χ1n) is 7.90. The largest absolute Gasteiger partial charge is 0.378 e. The highest BCUT2D eigenvalue weighted by molar-refractivity contribution is 9.12. The highest BCUT2D eigenvalue weighted by Gasteiger charge is 2.32. The van der Waals surface area contributed by atoms with Crippen LogP contribution in [0, 0.1) is 5.41 Å². The molecule has 0 amide bonds. The summed E-state index contributed by atoms with van der Waals surface area (Å²) in [5, 5.41) is 3.34. The Bertz CT molecular complexity index is 685. The highest BCUT2D eigenvalue weighted by atomic mass is 79.9. The summed E-state index contributed by atoms with van der Waals surface area (Å²) in [4.78, 5) is 23.4. The number of morpholine rings is 1. The lowest BCUT2D eigenvalue weighted by molar-refractivity contribution is -0.117. The zero-order valence-electron chi connectivity index (χ0n) is 13.7. The summed E-state index contributed by atoms with van der Waals surface area (Å²) < 4.78 is 6.71. The van der Waals surface area contributed by atoms with Crippen LogP contribution in [-0.2, 0) is 9.53 Å². The second kappa shape index (κ2) is 7.09. The molecule has 6 nitrogen and oxygen atoms in total. The van der Waals surface area contributed by atoms with Gasteiger partial charge in [-0.1, -0.05) is 13.8 Å². The normalized spacial score (nSPS) is 21.2. The number of ketones is 1. The first-order chi connectivity index (χ1) is 11.4. The molecule has 1 aromatic heterocycles. The number of carbonyl (C=O) groups excluding carboxylic acids is 1. The van der Waals surface area contributed by atoms with Crippen LogP contribution in [0.1, 0.15) is 26.7 Å². The average Bonchev–Trinajstić information content (AvgIpc) is 2.54. The number of halogens is 2. The molecule has 130 valence electrons. The maximum atomic E-state index is 12.2.